The number of hydrogen-bond acceptors (Lipinski definition) is 4. The Bertz CT molecular complexity index is 564. The van der Waals surface area contributed by atoms with Crippen molar-refractivity contribution in [2.24, 2.45) is 0 Å². The Labute approximate surface area is 117 Å². The zero-order valence-electron chi connectivity index (χ0n) is 10.9. The lowest BCUT2D eigenvalue weighted by molar-refractivity contribution is -0.144. The van der Waals surface area contributed by atoms with Crippen LogP contribution in [0.2, 0.25) is 0 Å². The fourth-order valence-corrected chi connectivity index (χ4v) is 3.55. The van der Waals surface area contributed by atoms with E-state index in [1.807, 2.05) is 30.3 Å². The Morgan fingerprint density at radius 2 is 2.05 bits per heavy atom. The number of carboxylic acid groups (broad SMARTS) is 1. The highest BCUT2D eigenvalue weighted by atomic mass is 32.2. The molecule has 2 rings (SSSR count). The molecule has 0 aromatic heterocycles. The van der Waals surface area contributed by atoms with Crippen LogP contribution >= 0.6 is 0 Å². The minimum Gasteiger partial charge on any atom is -0.480 e. The van der Waals surface area contributed by atoms with Crippen molar-refractivity contribution >= 4 is 16.0 Å². The monoisotopic (exact) mass is 299 g/mol. The van der Waals surface area contributed by atoms with Crippen molar-refractivity contribution < 1.29 is 23.1 Å². The molecule has 1 atom stereocenters. The summed E-state index contributed by atoms with van der Waals surface area (Å²) in [6.45, 7) is 0.112. The quantitative estimate of drug-likeness (QED) is 0.793. The molecular weight excluding hydrogens is 282 g/mol. The van der Waals surface area contributed by atoms with Crippen molar-refractivity contribution in [2.45, 2.75) is 18.4 Å². The summed E-state index contributed by atoms with van der Waals surface area (Å²) >= 11 is 0. The number of carbonyl (C=O) groups is 1. The van der Waals surface area contributed by atoms with E-state index in [1.165, 1.54) is 0 Å². The summed E-state index contributed by atoms with van der Waals surface area (Å²) in [5.41, 5.74) is -0.625. The van der Waals surface area contributed by atoms with Gasteiger partial charge >= 0.3 is 5.97 Å². The van der Waals surface area contributed by atoms with Gasteiger partial charge in [-0.15, -0.1) is 0 Å². The number of carboxylic acids is 1. The number of aryl methyl sites for hydroxylation is 1. The van der Waals surface area contributed by atoms with E-state index in [-0.39, 0.29) is 25.4 Å². The molecule has 0 radical (unpaired) electrons. The molecule has 1 saturated heterocycles. The highest BCUT2D eigenvalue weighted by molar-refractivity contribution is 7.89. The van der Waals surface area contributed by atoms with E-state index in [0.29, 0.717) is 6.42 Å². The van der Waals surface area contributed by atoms with E-state index in [9.17, 15) is 18.3 Å². The molecule has 1 heterocycles. The van der Waals surface area contributed by atoms with Crippen LogP contribution in [0.1, 0.15) is 12.0 Å². The van der Waals surface area contributed by atoms with Gasteiger partial charge in [-0.3, -0.25) is 4.79 Å². The molecule has 0 amide bonds. The van der Waals surface area contributed by atoms with Crippen molar-refractivity contribution in [3.63, 3.8) is 0 Å². The van der Waals surface area contributed by atoms with Gasteiger partial charge in [-0.05, 0) is 12.0 Å². The van der Waals surface area contributed by atoms with Crippen LogP contribution in [0, 0.1) is 0 Å². The van der Waals surface area contributed by atoms with E-state index < -0.39 is 21.5 Å². The fraction of sp³-hybridized carbons (Fsp3) is 0.462. The molecule has 0 aliphatic carbocycles. The predicted molar refractivity (Wildman–Crippen MR) is 72.9 cm³/mol. The molecule has 0 spiro atoms. The number of rotatable bonds is 6. The minimum atomic E-state index is -3.68. The summed E-state index contributed by atoms with van der Waals surface area (Å²) in [6.07, 6.45) is 0.486. The third-order valence-corrected chi connectivity index (χ3v) is 4.73. The molecule has 20 heavy (non-hydrogen) atoms. The standard InChI is InChI=1S/C13H17NO5S/c15-12(16)13(7-8-19-10-13)14-20(17,18)9-6-11-4-2-1-3-5-11/h1-5,14H,6-10H2,(H,15,16). The Balaban J connectivity index is 2.02. The van der Waals surface area contributed by atoms with Gasteiger partial charge in [-0.1, -0.05) is 30.3 Å². The number of sulfonamides is 1. The Morgan fingerprint density at radius 3 is 2.60 bits per heavy atom. The molecule has 2 N–H and O–H groups in total. The van der Waals surface area contributed by atoms with Crippen LogP contribution in [0.4, 0.5) is 0 Å². The van der Waals surface area contributed by atoms with Crippen molar-refractivity contribution in [3.8, 4) is 0 Å². The van der Waals surface area contributed by atoms with Crippen molar-refractivity contribution in [2.75, 3.05) is 19.0 Å². The molecule has 7 heteroatoms. The molecule has 6 nitrogen and oxygen atoms in total. The van der Waals surface area contributed by atoms with Gasteiger partial charge < -0.3 is 9.84 Å². The topological polar surface area (TPSA) is 92.7 Å². The molecular formula is C13H17NO5S. The number of ether oxygens (including phenoxy) is 1. The average Bonchev–Trinajstić information content (AvgIpc) is 2.87. The third kappa shape index (κ3) is 3.56. The minimum absolute atomic E-state index is 0.132. The molecule has 1 aliphatic heterocycles. The average molecular weight is 299 g/mol. The van der Waals surface area contributed by atoms with Crippen LogP contribution in [0.25, 0.3) is 0 Å². The number of aliphatic carboxylic acids is 1. The van der Waals surface area contributed by atoms with Crippen LogP contribution in [-0.4, -0.2) is 44.0 Å². The molecule has 1 aliphatic rings. The maximum absolute atomic E-state index is 12.0. The van der Waals surface area contributed by atoms with Gasteiger partial charge in [0.15, 0.2) is 5.54 Å². The second-order valence-corrected chi connectivity index (χ2v) is 6.69. The van der Waals surface area contributed by atoms with Gasteiger partial charge in [-0.2, -0.15) is 4.72 Å². The highest BCUT2D eigenvalue weighted by Crippen LogP contribution is 2.20. The summed E-state index contributed by atoms with van der Waals surface area (Å²) < 4.78 is 31.4. The molecule has 1 fully saturated rings. The second-order valence-electron chi connectivity index (χ2n) is 4.85. The van der Waals surface area contributed by atoms with Gasteiger partial charge in [0, 0.05) is 13.0 Å². The van der Waals surface area contributed by atoms with Crippen LogP contribution in [0.5, 0.6) is 0 Å². The zero-order valence-corrected chi connectivity index (χ0v) is 11.7. The van der Waals surface area contributed by atoms with Gasteiger partial charge in [0.05, 0.1) is 12.4 Å². The second kappa shape index (κ2) is 5.90. The smallest absolute Gasteiger partial charge is 0.327 e. The van der Waals surface area contributed by atoms with E-state index in [1.54, 1.807) is 0 Å². The Hall–Kier alpha value is -1.44. The molecule has 110 valence electrons. The van der Waals surface area contributed by atoms with E-state index in [0.717, 1.165) is 5.56 Å². The first-order valence-electron chi connectivity index (χ1n) is 6.30. The summed E-state index contributed by atoms with van der Waals surface area (Å²) in [7, 11) is -3.68. The van der Waals surface area contributed by atoms with Crippen molar-refractivity contribution in [3.05, 3.63) is 35.9 Å². The number of benzene rings is 1. The molecule has 0 saturated carbocycles. The van der Waals surface area contributed by atoms with Crippen molar-refractivity contribution in [1.29, 1.82) is 0 Å². The first-order chi connectivity index (χ1) is 9.44. The normalized spacial score (nSPS) is 22.8. The van der Waals surface area contributed by atoms with E-state index in [2.05, 4.69) is 4.72 Å². The van der Waals surface area contributed by atoms with Crippen LogP contribution in [0.3, 0.4) is 0 Å². The molecule has 1 aromatic rings. The summed E-state index contributed by atoms with van der Waals surface area (Å²) in [5.74, 6) is -1.34. The van der Waals surface area contributed by atoms with E-state index >= 15 is 0 Å². The maximum Gasteiger partial charge on any atom is 0.327 e. The molecule has 0 bridgehead atoms. The van der Waals surface area contributed by atoms with Crippen molar-refractivity contribution in [1.82, 2.24) is 4.72 Å². The Morgan fingerprint density at radius 1 is 1.35 bits per heavy atom. The summed E-state index contributed by atoms with van der Waals surface area (Å²) in [5, 5.41) is 9.21. The van der Waals surface area contributed by atoms with Gasteiger partial charge in [-0.25, -0.2) is 8.42 Å². The predicted octanol–water partition coefficient (Wildman–Crippen LogP) is 0.392. The SMILES string of the molecule is O=C(O)C1(NS(=O)(=O)CCc2ccccc2)CCOC1. The van der Waals surface area contributed by atoms with Gasteiger partial charge in [0.2, 0.25) is 10.0 Å². The lowest BCUT2D eigenvalue weighted by Crippen LogP contribution is -2.55. The number of nitrogens with one attached hydrogen (secondary N) is 1. The number of hydrogen-bond donors (Lipinski definition) is 2. The third-order valence-electron chi connectivity index (χ3n) is 3.28. The van der Waals surface area contributed by atoms with Crippen LogP contribution < -0.4 is 4.72 Å². The first-order valence-corrected chi connectivity index (χ1v) is 7.95. The largest absolute Gasteiger partial charge is 0.480 e. The Kier molecular flexibility index (Phi) is 4.42. The van der Waals surface area contributed by atoms with Crippen LogP contribution in [0.15, 0.2) is 30.3 Å². The summed E-state index contributed by atoms with van der Waals surface area (Å²) in [6, 6.07) is 9.19. The lowest BCUT2D eigenvalue weighted by atomic mass is 10.0. The van der Waals surface area contributed by atoms with Crippen LogP contribution in [-0.2, 0) is 26.0 Å². The maximum atomic E-state index is 12.0. The highest BCUT2D eigenvalue weighted by Gasteiger charge is 2.45. The lowest BCUT2D eigenvalue weighted by Gasteiger charge is -2.23. The first kappa shape index (κ1) is 15.0. The fourth-order valence-electron chi connectivity index (χ4n) is 2.10. The van der Waals surface area contributed by atoms with E-state index in [4.69, 9.17) is 4.74 Å². The van der Waals surface area contributed by atoms with Gasteiger partial charge in [0.25, 0.3) is 0 Å². The molecule has 1 unspecified atom stereocenters. The summed E-state index contributed by atoms with van der Waals surface area (Å²) in [4.78, 5) is 11.3. The molecule has 1 aromatic carbocycles. The zero-order chi connectivity index (χ0) is 14.6. The van der Waals surface area contributed by atoms with Gasteiger partial charge in [0.1, 0.15) is 0 Å².